The van der Waals surface area contributed by atoms with Crippen molar-refractivity contribution in [3.8, 4) is 0 Å². The number of anilines is 1. The molecule has 0 saturated carbocycles. The van der Waals surface area contributed by atoms with E-state index in [1.807, 2.05) is 13.0 Å². The lowest BCUT2D eigenvalue weighted by atomic mass is 10.1. The third-order valence-corrected chi connectivity index (χ3v) is 3.41. The molecule has 5 heteroatoms. The van der Waals surface area contributed by atoms with Crippen molar-refractivity contribution in [2.24, 2.45) is 0 Å². The molecule has 0 radical (unpaired) electrons. The molecule has 0 fully saturated rings. The van der Waals surface area contributed by atoms with E-state index in [-0.39, 0.29) is 11.8 Å². The first-order valence-corrected chi connectivity index (χ1v) is 8.03. The standard InChI is InChI=1S/C19H22N2O3/c1-2-24-14-8-13-20-19(23)16-11-6-7-12-17(16)21-18(22)15-9-4-3-5-10-15/h3-7,9-12H,2,8,13-14H2,1H3,(H,20,23)(H,21,22). The predicted molar refractivity (Wildman–Crippen MR) is 94.3 cm³/mol. The number of carbonyl (C=O) groups excluding carboxylic acids is 2. The molecule has 126 valence electrons. The Labute approximate surface area is 142 Å². The van der Waals surface area contributed by atoms with Gasteiger partial charge in [-0.2, -0.15) is 0 Å². The predicted octanol–water partition coefficient (Wildman–Crippen LogP) is 3.10. The van der Waals surface area contributed by atoms with E-state index in [1.54, 1.807) is 48.5 Å². The van der Waals surface area contributed by atoms with Crippen molar-refractivity contribution < 1.29 is 14.3 Å². The van der Waals surface area contributed by atoms with Gasteiger partial charge >= 0.3 is 0 Å². The van der Waals surface area contributed by atoms with Gasteiger partial charge in [0.05, 0.1) is 11.3 Å². The van der Waals surface area contributed by atoms with Crippen molar-refractivity contribution >= 4 is 17.5 Å². The number of nitrogens with one attached hydrogen (secondary N) is 2. The second kappa shape index (κ2) is 9.47. The summed E-state index contributed by atoms with van der Waals surface area (Å²) < 4.78 is 5.24. The molecule has 2 amide bonds. The lowest BCUT2D eigenvalue weighted by Gasteiger charge is -2.11. The highest BCUT2D eigenvalue weighted by atomic mass is 16.5. The Kier molecular flexibility index (Phi) is 6.98. The van der Waals surface area contributed by atoms with Crippen LogP contribution in [0.5, 0.6) is 0 Å². The third kappa shape index (κ3) is 5.21. The highest BCUT2D eigenvalue weighted by Crippen LogP contribution is 2.16. The molecule has 0 atom stereocenters. The number of carbonyl (C=O) groups is 2. The maximum absolute atomic E-state index is 12.3. The lowest BCUT2D eigenvalue weighted by molar-refractivity contribution is 0.0945. The smallest absolute Gasteiger partial charge is 0.255 e. The van der Waals surface area contributed by atoms with Crippen LogP contribution in [0.4, 0.5) is 5.69 Å². The van der Waals surface area contributed by atoms with Crippen LogP contribution in [-0.4, -0.2) is 31.6 Å². The number of hydrogen-bond acceptors (Lipinski definition) is 3. The van der Waals surface area contributed by atoms with E-state index in [9.17, 15) is 9.59 Å². The van der Waals surface area contributed by atoms with Gasteiger partial charge in [0.2, 0.25) is 0 Å². The summed E-state index contributed by atoms with van der Waals surface area (Å²) in [6.07, 6.45) is 0.748. The van der Waals surface area contributed by atoms with Gasteiger partial charge in [-0.15, -0.1) is 0 Å². The molecule has 2 aromatic carbocycles. The Morgan fingerprint density at radius 2 is 1.67 bits per heavy atom. The summed E-state index contributed by atoms with van der Waals surface area (Å²) in [5.74, 6) is -0.456. The van der Waals surface area contributed by atoms with Gasteiger partial charge in [-0.05, 0) is 37.6 Å². The van der Waals surface area contributed by atoms with Crippen LogP contribution in [0.25, 0.3) is 0 Å². The molecule has 0 spiro atoms. The average molecular weight is 326 g/mol. The number of para-hydroxylation sites is 1. The van der Waals surface area contributed by atoms with Crippen molar-refractivity contribution in [1.29, 1.82) is 0 Å². The van der Waals surface area contributed by atoms with Crippen LogP contribution < -0.4 is 10.6 Å². The maximum atomic E-state index is 12.3. The Bertz CT molecular complexity index is 671. The van der Waals surface area contributed by atoms with Gasteiger partial charge < -0.3 is 15.4 Å². The molecule has 2 N–H and O–H groups in total. The largest absolute Gasteiger partial charge is 0.382 e. The molecule has 0 unspecified atom stereocenters. The fraction of sp³-hybridized carbons (Fsp3) is 0.263. The molecule has 0 saturated heterocycles. The molecular formula is C19H22N2O3. The fourth-order valence-electron chi connectivity index (χ4n) is 2.19. The number of benzene rings is 2. The van der Waals surface area contributed by atoms with E-state index in [4.69, 9.17) is 4.74 Å². The van der Waals surface area contributed by atoms with Crippen molar-refractivity contribution in [3.05, 3.63) is 65.7 Å². The Hall–Kier alpha value is -2.66. The van der Waals surface area contributed by atoms with Crippen molar-refractivity contribution in [2.45, 2.75) is 13.3 Å². The van der Waals surface area contributed by atoms with E-state index in [1.165, 1.54) is 0 Å². The van der Waals surface area contributed by atoms with Gasteiger partial charge in [0.15, 0.2) is 0 Å². The summed E-state index contributed by atoms with van der Waals surface area (Å²) in [5, 5.41) is 5.64. The normalized spacial score (nSPS) is 10.2. The van der Waals surface area contributed by atoms with Gasteiger partial charge in [-0.3, -0.25) is 9.59 Å². The molecule has 5 nitrogen and oxygen atoms in total. The van der Waals surface area contributed by atoms with Gasteiger partial charge in [-0.1, -0.05) is 30.3 Å². The third-order valence-electron chi connectivity index (χ3n) is 3.41. The van der Waals surface area contributed by atoms with Crippen LogP contribution in [0.15, 0.2) is 54.6 Å². The SMILES string of the molecule is CCOCCCNC(=O)c1ccccc1NC(=O)c1ccccc1. The molecule has 2 aromatic rings. The second-order valence-corrected chi connectivity index (χ2v) is 5.17. The van der Waals surface area contributed by atoms with Crippen molar-refractivity contribution in [2.75, 3.05) is 25.1 Å². The Morgan fingerprint density at radius 1 is 0.958 bits per heavy atom. The van der Waals surface area contributed by atoms with E-state index in [2.05, 4.69) is 10.6 Å². The van der Waals surface area contributed by atoms with Crippen LogP contribution in [0.3, 0.4) is 0 Å². The van der Waals surface area contributed by atoms with Crippen molar-refractivity contribution in [3.63, 3.8) is 0 Å². The topological polar surface area (TPSA) is 67.4 Å². The number of hydrogen-bond donors (Lipinski definition) is 2. The summed E-state index contributed by atoms with van der Waals surface area (Å²) in [6, 6.07) is 15.9. The zero-order valence-corrected chi connectivity index (χ0v) is 13.7. The highest BCUT2D eigenvalue weighted by Gasteiger charge is 2.13. The van der Waals surface area contributed by atoms with Gasteiger partial charge in [0, 0.05) is 25.3 Å². The summed E-state index contributed by atoms with van der Waals surface area (Å²) >= 11 is 0. The first-order valence-electron chi connectivity index (χ1n) is 8.03. The van der Waals surface area contributed by atoms with Gasteiger partial charge in [0.25, 0.3) is 11.8 Å². The number of ether oxygens (including phenoxy) is 1. The minimum Gasteiger partial charge on any atom is -0.382 e. The van der Waals surface area contributed by atoms with Crippen molar-refractivity contribution in [1.82, 2.24) is 5.32 Å². The van der Waals surface area contributed by atoms with Gasteiger partial charge in [0.1, 0.15) is 0 Å². The van der Waals surface area contributed by atoms with Crippen LogP contribution in [-0.2, 0) is 4.74 Å². The Balaban J connectivity index is 1.99. The monoisotopic (exact) mass is 326 g/mol. The first kappa shape index (κ1) is 17.7. The second-order valence-electron chi connectivity index (χ2n) is 5.17. The minimum absolute atomic E-state index is 0.213. The minimum atomic E-state index is -0.243. The number of amides is 2. The highest BCUT2D eigenvalue weighted by molar-refractivity contribution is 6.08. The summed E-state index contributed by atoms with van der Waals surface area (Å²) in [5.41, 5.74) is 1.48. The van der Waals surface area contributed by atoms with E-state index in [0.29, 0.717) is 36.6 Å². The summed E-state index contributed by atoms with van der Waals surface area (Å²) in [4.78, 5) is 24.6. The molecular weight excluding hydrogens is 304 g/mol. The summed E-state index contributed by atoms with van der Waals surface area (Å²) in [7, 11) is 0. The fourth-order valence-corrected chi connectivity index (χ4v) is 2.19. The zero-order valence-electron chi connectivity index (χ0n) is 13.7. The van der Waals surface area contributed by atoms with Crippen LogP contribution >= 0.6 is 0 Å². The van der Waals surface area contributed by atoms with E-state index in [0.717, 1.165) is 6.42 Å². The molecule has 0 bridgehead atoms. The van der Waals surface area contributed by atoms with Crippen LogP contribution in [0.2, 0.25) is 0 Å². The maximum Gasteiger partial charge on any atom is 0.255 e. The molecule has 24 heavy (non-hydrogen) atoms. The molecule has 0 aliphatic carbocycles. The molecule has 0 aliphatic rings. The zero-order chi connectivity index (χ0) is 17.2. The molecule has 0 aliphatic heterocycles. The lowest BCUT2D eigenvalue weighted by Crippen LogP contribution is -2.26. The molecule has 0 aromatic heterocycles. The average Bonchev–Trinajstić information content (AvgIpc) is 2.62. The molecule has 2 rings (SSSR count). The summed E-state index contributed by atoms with van der Waals surface area (Å²) in [6.45, 7) is 3.75. The van der Waals surface area contributed by atoms with E-state index >= 15 is 0 Å². The first-order chi connectivity index (χ1) is 11.7. The van der Waals surface area contributed by atoms with Crippen LogP contribution in [0.1, 0.15) is 34.1 Å². The van der Waals surface area contributed by atoms with E-state index < -0.39 is 0 Å². The van der Waals surface area contributed by atoms with Crippen LogP contribution in [0, 0.1) is 0 Å². The quantitative estimate of drug-likeness (QED) is 0.733. The van der Waals surface area contributed by atoms with Gasteiger partial charge in [-0.25, -0.2) is 0 Å². The Morgan fingerprint density at radius 3 is 2.42 bits per heavy atom. The number of rotatable bonds is 8. The molecule has 0 heterocycles.